The Morgan fingerprint density at radius 1 is 0.960 bits per heavy atom. The van der Waals surface area contributed by atoms with E-state index in [0.29, 0.717) is 11.3 Å². The largest absolute Gasteiger partial charge is 0.328 e. The van der Waals surface area contributed by atoms with Gasteiger partial charge in [-0.25, -0.2) is 9.48 Å². The monoisotopic (exact) mass is 338 g/mol. The second-order valence-corrected chi connectivity index (χ2v) is 6.06. The van der Waals surface area contributed by atoms with Gasteiger partial charge < -0.3 is 0 Å². The molecule has 0 aliphatic carbocycles. The molecule has 1 aliphatic rings. The number of benzene rings is 1. The Bertz CT molecular complexity index is 931. The van der Waals surface area contributed by atoms with Crippen molar-refractivity contribution in [2.24, 2.45) is 0 Å². The van der Waals surface area contributed by atoms with E-state index in [1.54, 1.807) is 11.6 Å². The predicted octanol–water partition coefficient (Wildman–Crippen LogP) is 1.86. The summed E-state index contributed by atoms with van der Waals surface area (Å²) in [6, 6.07) is 5.21. The average Bonchev–Trinajstić information content (AvgIpc) is 2.81. The highest BCUT2D eigenvalue weighted by atomic mass is 16.2. The number of nitrogens with zero attached hydrogens (tertiary/aromatic N) is 2. The zero-order valence-corrected chi connectivity index (χ0v) is 14.4. The second kappa shape index (κ2) is 6.01. The van der Waals surface area contributed by atoms with Crippen molar-refractivity contribution in [2.75, 3.05) is 0 Å². The number of urea groups is 1. The first-order valence-electron chi connectivity index (χ1n) is 7.80. The fourth-order valence-electron chi connectivity index (χ4n) is 2.72. The molecule has 3 rings (SSSR count). The number of aromatic nitrogens is 2. The molecule has 7 heteroatoms. The van der Waals surface area contributed by atoms with Crippen LogP contribution in [0.3, 0.4) is 0 Å². The molecule has 4 amide bonds. The molecule has 0 saturated carbocycles. The third-order valence-corrected chi connectivity index (χ3v) is 4.31. The Hall–Kier alpha value is -3.22. The Kier molecular flexibility index (Phi) is 4.00. The summed E-state index contributed by atoms with van der Waals surface area (Å²) < 4.78 is 1.78. The summed E-state index contributed by atoms with van der Waals surface area (Å²) in [7, 11) is 0. The molecule has 1 aliphatic heterocycles. The number of aryl methyl sites for hydroxylation is 3. The van der Waals surface area contributed by atoms with E-state index in [2.05, 4.69) is 15.7 Å². The fraction of sp³-hybridized carbons (Fsp3) is 0.222. The number of hydrogen-bond acceptors (Lipinski definition) is 4. The normalized spacial score (nSPS) is 14.4. The Morgan fingerprint density at radius 3 is 2.20 bits per heavy atom. The number of imide groups is 2. The van der Waals surface area contributed by atoms with E-state index in [4.69, 9.17) is 0 Å². The van der Waals surface area contributed by atoms with Crippen molar-refractivity contribution in [3.05, 3.63) is 51.9 Å². The molecule has 1 fully saturated rings. The van der Waals surface area contributed by atoms with Gasteiger partial charge in [0.2, 0.25) is 0 Å². The Balaban J connectivity index is 2.07. The van der Waals surface area contributed by atoms with Crippen molar-refractivity contribution in [3.8, 4) is 5.69 Å². The maximum atomic E-state index is 11.9. The van der Waals surface area contributed by atoms with Gasteiger partial charge in [0.15, 0.2) is 0 Å². The SMILES string of the molecule is Cc1ccc(-n2nc(C)c(C=C3C(=O)NC(=O)NC3=O)c2C)cc1C. The van der Waals surface area contributed by atoms with Crippen LogP contribution in [-0.2, 0) is 9.59 Å². The maximum Gasteiger partial charge on any atom is 0.328 e. The minimum absolute atomic E-state index is 0.120. The standard InChI is InChI=1S/C18H18N4O3/c1-9-5-6-13(7-10(9)2)22-12(4)14(11(3)21-22)8-15-16(23)19-18(25)20-17(15)24/h5-8H,1-4H3,(H2,19,20,23,24,25). The third kappa shape index (κ3) is 2.96. The quantitative estimate of drug-likeness (QED) is 0.645. The van der Waals surface area contributed by atoms with E-state index in [1.807, 2.05) is 39.0 Å². The molecule has 0 atom stereocenters. The number of carbonyl (C=O) groups is 3. The summed E-state index contributed by atoms with van der Waals surface area (Å²) in [6.45, 7) is 7.74. The van der Waals surface area contributed by atoms with Crippen LogP contribution in [0.2, 0.25) is 0 Å². The van der Waals surface area contributed by atoms with Crippen molar-refractivity contribution < 1.29 is 14.4 Å². The van der Waals surface area contributed by atoms with Gasteiger partial charge >= 0.3 is 6.03 Å². The zero-order valence-electron chi connectivity index (χ0n) is 14.4. The van der Waals surface area contributed by atoms with Gasteiger partial charge in [-0.15, -0.1) is 0 Å². The predicted molar refractivity (Wildman–Crippen MR) is 92.2 cm³/mol. The van der Waals surface area contributed by atoms with Crippen LogP contribution in [0.4, 0.5) is 4.79 Å². The smallest absolute Gasteiger partial charge is 0.273 e. The van der Waals surface area contributed by atoms with Gasteiger partial charge in [-0.3, -0.25) is 20.2 Å². The van der Waals surface area contributed by atoms with E-state index in [9.17, 15) is 14.4 Å². The lowest BCUT2D eigenvalue weighted by Gasteiger charge is -2.14. The van der Waals surface area contributed by atoms with E-state index in [0.717, 1.165) is 16.9 Å². The van der Waals surface area contributed by atoms with Crippen molar-refractivity contribution in [2.45, 2.75) is 27.7 Å². The highest BCUT2D eigenvalue weighted by molar-refractivity contribution is 6.31. The van der Waals surface area contributed by atoms with Gasteiger partial charge in [0.1, 0.15) is 5.57 Å². The Labute approximate surface area is 144 Å². The van der Waals surface area contributed by atoms with Crippen LogP contribution in [0, 0.1) is 27.7 Å². The second-order valence-electron chi connectivity index (χ2n) is 6.06. The van der Waals surface area contributed by atoms with Gasteiger partial charge in [0.25, 0.3) is 11.8 Å². The number of amides is 4. The summed E-state index contributed by atoms with van der Waals surface area (Å²) in [5.74, 6) is -1.43. The molecule has 2 N–H and O–H groups in total. The minimum Gasteiger partial charge on any atom is -0.273 e. The van der Waals surface area contributed by atoms with E-state index < -0.39 is 17.8 Å². The van der Waals surface area contributed by atoms with Gasteiger partial charge in [-0.1, -0.05) is 6.07 Å². The van der Waals surface area contributed by atoms with Gasteiger partial charge in [-0.2, -0.15) is 5.10 Å². The Morgan fingerprint density at radius 2 is 1.60 bits per heavy atom. The van der Waals surface area contributed by atoms with Crippen LogP contribution in [0.5, 0.6) is 0 Å². The molecule has 1 saturated heterocycles. The molecular formula is C18H18N4O3. The first kappa shape index (κ1) is 16.6. The number of barbiturate groups is 1. The lowest BCUT2D eigenvalue weighted by Crippen LogP contribution is -2.51. The van der Waals surface area contributed by atoms with Crippen molar-refractivity contribution in [1.82, 2.24) is 20.4 Å². The van der Waals surface area contributed by atoms with Gasteiger partial charge in [0.05, 0.1) is 11.4 Å². The number of carbonyl (C=O) groups excluding carboxylic acids is 3. The summed E-state index contributed by atoms with van der Waals surface area (Å²) in [6.07, 6.45) is 1.46. The molecule has 0 unspecified atom stereocenters. The zero-order chi connectivity index (χ0) is 18.3. The van der Waals surface area contributed by atoms with E-state index in [1.165, 1.54) is 11.6 Å². The lowest BCUT2D eigenvalue weighted by atomic mass is 10.1. The molecule has 0 radical (unpaired) electrons. The maximum absolute atomic E-state index is 11.9. The minimum atomic E-state index is -0.814. The summed E-state index contributed by atoms with van der Waals surface area (Å²) >= 11 is 0. The van der Waals surface area contributed by atoms with Crippen LogP contribution in [0.25, 0.3) is 11.8 Å². The van der Waals surface area contributed by atoms with Crippen LogP contribution in [0.1, 0.15) is 28.1 Å². The third-order valence-electron chi connectivity index (χ3n) is 4.31. The van der Waals surface area contributed by atoms with Crippen molar-refractivity contribution in [1.29, 1.82) is 0 Å². The first-order valence-corrected chi connectivity index (χ1v) is 7.80. The summed E-state index contributed by atoms with van der Waals surface area (Å²) in [5, 5.41) is 8.66. The fourth-order valence-corrected chi connectivity index (χ4v) is 2.72. The summed E-state index contributed by atoms with van der Waals surface area (Å²) in [5.41, 5.74) is 5.27. The van der Waals surface area contributed by atoms with Crippen molar-refractivity contribution >= 4 is 23.9 Å². The molecule has 25 heavy (non-hydrogen) atoms. The molecule has 7 nitrogen and oxygen atoms in total. The number of rotatable bonds is 2. The highest BCUT2D eigenvalue weighted by Gasteiger charge is 2.28. The average molecular weight is 338 g/mol. The number of hydrogen-bond donors (Lipinski definition) is 2. The van der Waals surface area contributed by atoms with Crippen LogP contribution in [0.15, 0.2) is 23.8 Å². The lowest BCUT2D eigenvalue weighted by molar-refractivity contribution is -0.123. The van der Waals surface area contributed by atoms with Gasteiger partial charge in [0, 0.05) is 11.3 Å². The highest BCUT2D eigenvalue weighted by Crippen LogP contribution is 2.22. The number of nitrogens with one attached hydrogen (secondary N) is 2. The molecule has 0 spiro atoms. The van der Waals surface area contributed by atoms with Crippen LogP contribution in [-0.4, -0.2) is 27.6 Å². The molecule has 2 heterocycles. The van der Waals surface area contributed by atoms with E-state index in [-0.39, 0.29) is 5.57 Å². The first-order chi connectivity index (χ1) is 11.8. The van der Waals surface area contributed by atoms with Crippen molar-refractivity contribution in [3.63, 3.8) is 0 Å². The molecule has 1 aromatic carbocycles. The van der Waals surface area contributed by atoms with Gasteiger partial charge in [-0.05, 0) is 57.0 Å². The molecular weight excluding hydrogens is 320 g/mol. The molecule has 1 aromatic heterocycles. The molecule has 2 aromatic rings. The molecule has 128 valence electrons. The molecule has 0 bridgehead atoms. The topological polar surface area (TPSA) is 93.1 Å². The van der Waals surface area contributed by atoms with E-state index >= 15 is 0 Å². The summed E-state index contributed by atoms with van der Waals surface area (Å²) in [4.78, 5) is 35.0. The van der Waals surface area contributed by atoms with Crippen LogP contribution >= 0.6 is 0 Å². The van der Waals surface area contributed by atoms with Crippen LogP contribution < -0.4 is 10.6 Å².